The molecule has 0 spiro atoms. The molecule has 0 atom stereocenters. The van der Waals surface area contributed by atoms with Crippen molar-refractivity contribution in [3.63, 3.8) is 0 Å². The minimum absolute atomic E-state index is 0.0735. The number of aromatic nitrogens is 2. The van der Waals surface area contributed by atoms with E-state index >= 15 is 0 Å². The highest BCUT2D eigenvalue weighted by molar-refractivity contribution is 5.91. The highest BCUT2D eigenvalue weighted by atomic mass is 16.3. The van der Waals surface area contributed by atoms with Crippen LogP contribution in [-0.2, 0) is 0 Å². The molecule has 0 unspecified atom stereocenters. The summed E-state index contributed by atoms with van der Waals surface area (Å²) in [5, 5.41) is 3.19. The number of carbonyl (C=O) groups is 1. The van der Waals surface area contributed by atoms with Gasteiger partial charge in [0.2, 0.25) is 5.95 Å². The van der Waals surface area contributed by atoms with Crippen molar-refractivity contribution in [2.75, 3.05) is 42.9 Å². The fourth-order valence-electron chi connectivity index (χ4n) is 3.29. The summed E-state index contributed by atoms with van der Waals surface area (Å²) < 4.78 is 5.24. The number of rotatable bonds is 6. The third-order valence-electron chi connectivity index (χ3n) is 4.81. The van der Waals surface area contributed by atoms with Gasteiger partial charge in [-0.3, -0.25) is 4.79 Å². The number of nitrogens with one attached hydrogen (secondary N) is 1. The van der Waals surface area contributed by atoms with Gasteiger partial charge in [-0.1, -0.05) is 36.4 Å². The SMILES string of the molecule is C=CCNc1nc(-c2ccccc2)cc(N2CCN(C(=O)c3ccco3)CC2)n1. The zero-order chi connectivity index (χ0) is 20.1. The summed E-state index contributed by atoms with van der Waals surface area (Å²) in [7, 11) is 0. The maximum absolute atomic E-state index is 12.5. The van der Waals surface area contributed by atoms with Gasteiger partial charge in [0.1, 0.15) is 5.82 Å². The molecule has 3 aromatic rings. The Kier molecular flexibility index (Phi) is 5.56. The molecule has 1 saturated heterocycles. The van der Waals surface area contributed by atoms with Gasteiger partial charge in [0.05, 0.1) is 12.0 Å². The summed E-state index contributed by atoms with van der Waals surface area (Å²) in [4.78, 5) is 25.8. The Morgan fingerprint density at radius 2 is 1.90 bits per heavy atom. The van der Waals surface area contributed by atoms with E-state index in [0.29, 0.717) is 44.4 Å². The number of amides is 1. The Labute approximate surface area is 169 Å². The van der Waals surface area contributed by atoms with Crippen molar-refractivity contribution in [1.82, 2.24) is 14.9 Å². The molecule has 1 aliphatic heterocycles. The zero-order valence-corrected chi connectivity index (χ0v) is 16.1. The Balaban J connectivity index is 1.53. The van der Waals surface area contributed by atoms with E-state index in [1.807, 2.05) is 41.3 Å². The molecule has 1 aromatic carbocycles. The van der Waals surface area contributed by atoms with Gasteiger partial charge in [0.25, 0.3) is 5.91 Å². The fourth-order valence-corrected chi connectivity index (χ4v) is 3.29. The fraction of sp³-hybridized carbons (Fsp3) is 0.227. The van der Waals surface area contributed by atoms with E-state index in [-0.39, 0.29) is 5.91 Å². The summed E-state index contributed by atoms with van der Waals surface area (Å²) >= 11 is 0. The lowest BCUT2D eigenvalue weighted by Crippen LogP contribution is -2.49. The second kappa shape index (κ2) is 8.60. The maximum atomic E-state index is 12.5. The van der Waals surface area contributed by atoms with Crippen LogP contribution in [0.5, 0.6) is 0 Å². The molecule has 1 aliphatic rings. The van der Waals surface area contributed by atoms with Crippen LogP contribution in [0.3, 0.4) is 0 Å². The lowest BCUT2D eigenvalue weighted by molar-refractivity contribution is 0.0714. The molecule has 0 aliphatic carbocycles. The molecule has 0 saturated carbocycles. The van der Waals surface area contributed by atoms with Crippen molar-refractivity contribution in [2.24, 2.45) is 0 Å². The zero-order valence-electron chi connectivity index (χ0n) is 16.1. The summed E-state index contributed by atoms with van der Waals surface area (Å²) in [6.45, 7) is 6.93. The molecule has 7 heteroatoms. The topological polar surface area (TPSA) is 74.5 Å². The second-order valence-corrected chi connectivity index (χ2v) is 6.73. The largest absolute Gasteiger partial charge is 0.459 e. The van der Waals surface area contributed by atoms with Gasteiger partial charge in [0, 0.05) is 44.4 Å². The third-order valence-corrected chi connectivity index (χ3v) is 4.81. The lowest BCUT2D eigenvalue weighted by atomic mass is 10.1. The van der Waals surface area contributed by atoms with Crippen molar-refractivity contribution in [2.45, 2.75) is 0 Å². The summed E-state index contributed by atoms with van der Waals surface area (Å²) in [5.74, 6) is 1.71. The minimum atomic E-state index is -0.0735. The summed E-state index contributed by atoms with van der Waals surface area (Å²) in [6.07, 6.45) is 3.30. The molecular weight excluding hydrogens is 366 g/mol. The van der Waals surface area contributed by atoms with E-state index in [4.69, 9.17) is 4.42 Å². The van der Waals surface area contributed by atoms with Crippen molar-refractivity contribution < 1.29 is 9.21 Å². The van der Waals surface area contributed by atoms with Crippen molar-refractivity contribution in [3.8, 4) is 11.3 Å². The van der Waals surface area contributed by atoms with E-state index in [9.17, 15) is 4.79 Å². The Bertz CT molecular complexity index is 964. The molecule has 3 heterocycles. The first kappa shape index (κ1) is 18.7. The average molecular weight is 389 g/mol. The summed E-state index contributed by atoms with van der Waals surface area (Å²) in [6, 6.07) is 15.5. The predicted molar refractivity (Wildman–Crippen MR) is 113 cm³/mol. The van der Waals surface area contributed by atoms with Crippen LogP contribution >= 0.6 is 0 Å². The number of nitrogens with zero attached hydrogens (tertiary/aromatic N) is 4. The first-order chi connectivity index (χ1) is 14.2. The smallest absolute Gasteiger partial charge is 0.289 e. The van der Waals surface area contributed by atoms with Crippen LogP contribution in [0.25, 0.3) is 11.3 Å². The van der Waals surface area contributed by atoms with Crippen LogP contribution in [0.2, 0.25) is 0 Å². The van der Waals surface area contributed by atoms with Crippen LogP contribution in [0.4, 0.5) is 11.8 Å². The van der Waals surface area contributed by atoms with Gasteiger partial charge in [-0.25, -0.2) is 4.98 Å². The van der Waals surface area contributed by atoms with Gasteiger partial charge in [0.15, 0.2) is 5.76 Å². The van der Waals surface area contributed by atoms with Gasteiger partial charge in [-0.2, -0.15) is 4.98 Å². The Morgan fingerprint density at radius 1 is 1.10 bits per heavy atom. The number of furan rings is 1. The lowest BCUT2D eigenvalue weighted by Gasteiger charge is -2.35. The molecule has 4 rings (SSSR count). The maximum Gasteiger partial charge on any atom is 0.289 e. The van der Waals surface area contributed by atoms with Gasteiger partial charge in [-0.15, -0.1) is 6.58 Å². The van der Waals surface area contributed by atoms with E-state index in [0.717, 1.165) is 17.1 Å². The van der Waals surface area contributed by atoms with Crippen molar-refractivity contribution >= 4 is 17.7 Å². The van der Waals surface area contributed by atoms with Gasteiger partial charge >= 0.3 is 0 Å². The molecule has 1 N–H and O–H groups in total. The van der Waals surface area contributed by atoms with E-state index in [2.05, 4.69) is 26.8 Å². The van der Waals surface area contributed by atoms with E-state index in [1.165, 1.54) is 6.26 Å². The Morgan fingerprint density at radius 3 is 2.59 bits per heavy atom. The molecule has 1 amide bonds. The number of hydrogen-bond donors (Lipinski definition) is 1. The molecule has 0 bridgehead atoms. The molecular formula is C22H23N5O2. The molecule has 2 aromatic heterocycles. The van der Waals surface area contributed by atoms with Crippen LogP contribution in [0, 0.1) is 0 Å². The van der Waals surface area contributed by atoms with Crippen LogP contribution < -0.4 is 10.2 Å². The third kappa shape index (κ3) is 4.29. The Hall–Kier alpha value is -3.61. The highest BCUT2D eigenvalue weighted by Crippen LogP contribution is 2.24. The number of anilines is 2. The number of carbonyl (C=O) groups excluding carboxylic acids is 1. The molecule has 29 heavy (non-hydrogen) atoms. The first-order valence-electron chi connectivity index (χ1n) is 9.61. The molecule has 148 valence electrons. The van der Waals surface area contributed by atoms with Gasteiger partial charge < -0.3 is 19.5 Å². The number of benzene rings is 1. The normalized spacial score (nSPS) is 13.9. The highest BCUT2D eigenvalue weighted by Gasteiger charge is 2.25. The van der Waals surface area contributed by atoms with Crippen molar-refractivity contribution in [3.05, 3.63) is 73.2 Å². The monoisotopic (exact) mass is 389 g/mol. The van der Waals surface area contributed by atoms with E-state index < -0.39 is 0 Å². The quantitative estimate of drug-likeness (QED) is 0.652. The minimum Gasteiger partial charge on any atom is -0.459 e. The summed E-state index contributed by atoms with van der Waals surface area (Å²) in [5.41, 5.74) is 1.89. The van der Waals surface area contributed by atoms with Crippen LogP contribution in [0.1, 0.15) is 10.6 Å². The molecule has 0 radical (unpaired) electrons. The number of piperazine rings is 1. The first-order valence-corrected chi connectivity index (χ1v) is 9.61. The second-order valence-electron chi connectivity index (χ2n) is 6.73. The predicted octanol–water partition coefficient (Wildman–Crippen LogP) is 3.30. The molecule has 7 nitrogen and oxygen atoms in total. The van der Waals surface area contributed by atoms with Crippen LogP contribution in [-0.4, -0.2) is 53.5 Å². The average Bonchev–Trinajstić information content (AvgIpc) is 3.33. The van der Waals surface area contributed by atoms with E-state index in [1.54, 1.807) is 18.2 Å². The number of hydrogen-bond acceptors (Lipinski definition) is 6. The standard InChI is InChI=1S/C22H23N5O2/c1-2-10-23-22-24-18(17-7-4-3-5-8-17)16-20(25-22)26-11-13-27(14-12-26)21(28)19-9-6-15-29-19/h2-9,15-16H,1,10-14H2,(H,23,24,25). The van der Waals surface area contributed by atoms with Crippen LogP contribution in [0.15, 0.2) is 71.9 Å². The molecule has 1 fully saturated rings. The van der Waals surface area contributed by atoms with Crippen molar-refractivity contribution in [1.29, 1.82) is 0 Å². The van der Waals surface area contributed by atoms with Gasteiger partial charge in [-0.05, 0) is 12.1 Å².